The molecule has 4 nitrogen and oxygen atoms in total. The van der Waals surface area contributed by atoms with Crippen molar-refractivity contribution in [3.63, 3.8) is 0 Å². The summed E-state index contributed by atoms with van der Waals surface area (Å²) in [5.41, 5.74) is 0.377. The fraction of sp³-hybridized carbons (Fsp3) is 0.556. The summed E-state index contributed by atoms with van der Waals surface area (Å²) in [5, 5.41) is 9.14. The molecule has 1 aliphatic heterocycles. The van der Waals surface area contributed by atoms with Gasteiger partial charge in [-0.15, -0.1) is 0 Å². The van der Waals surface area contributed by atoms with Crippen LogP contribution >= 0.6 is 0 Å². The molecule has 1 atom stereocenters. The molecule has 1 spiro atoms. The Kier molecular flexibility index (Phi) is 3.06. The van der Waals surface area contributed by atoms with E-state index in [4.69, 9.17) is 5.11 Å². The third-order valence-corrected chi connectivity index (χ3v) is 6.09. The van der Waals surface area contributed by atoms with Crippen molar-refractivity contribution < 1.29 is 19.1 Å². The minimum Gasteiger partial charge on any atom is -0.481 e. The molecular formula is C18H20FNO3. The van der Waals surface area contributed by atoms with Gasteiger partial charge < -0.3 is 10.0 Å². The number of benzene rings is 1. The molecule has 3 aliphatic rings. The number of carbonyl (C=O) groups excluding carboxylic acids is 1. The molecule has 122 valence electrons. The maximum Gasteiger partial charge on any atom is 0.307 e. The topological polar surface area (TPSA) is 57.6 Å². The van der Waals surface area contributed by atoms with E-state index in [2.05, 4.69) is 0 Å². The Hall–Kier alpha value is -1.91. The van der Waals surface area contributed by atoms with Crippen LogP contribution in [0.5, 0.6) is 0 Å². The predicted molar refractivity (Wildman–Crippen MR) is 81.3 cm³/mol. The number of halogens is 1. The number of hydrogen-bond acceptors (Lipinski definition) is 2. The van der Waals surface area contributed by atoms with Gasteiger partial charge in [0.05, 0.1) is 11.3 Å². The first-order valence-electron chi connectivity index (χ1n) is 8.25. The molecular weight excluding hydrogens is 297 g/mol. The molecule has 0 radical (unpaired) electrons. The predicted octanol–water partition coefficient (Wildman–Crippen LogP) is 2.57. The highest BCUT2D eigenvalue weighted by molar-refractivity contribution is 5.91. The number of carboxylic acid groups (broad SMARTS) is 1. The lowest BCUT2D eigenvalue weighted by molar-refractivity contribution is -0.140. The molecule has 3 fully saturated rings. The summed E-state index contributed by atoms with van der Waals surface area (Å²) in [7, 11) is 0. The fourth-order valence-electron chi connectivity index (χ4n) is 4.23. The van der Waals surface area contributed by atoms with Gasteiger partial charge in [0.25, 0.3) is 0 Å². The van der Waals surface area contributed by atoms with E-state index in [-0.39, 0.29) is 23.1 Å². The van der Waals surface area contributed by atoms with Crippen LogP contribution < -0.4 is 0 Å². The van der Waals surface area contributed by atoms with Crippen LogP contribution in [-0.4, -0.2) is 35.0 Å². The fourth-order valence-corrected chi connectivity index (χ4v) is 4.23. The van der Waals surface area contributed by atoms with E-state index in [1.165, 1.54) is 12.1 Å². The van der Waals surface area contributed by atoms with Crippen molar-refractivity contribution in [1.29, 1.82) is 0 Å². The first-order chi connectivity index (χ1) is 11.0. The summed E-state index contributed by atoms with van der Waals surface area (Å²) < 4.78 is 13.1. The molecule has 1 N–H and O–H groups in total. The van der Waals surface area contributed by atoms with E-state index >= 15 is 0 Å². The number of nitrogens with zero attached hydrogens (tertiary/aromatic N) is 1. The number of rotatable bonds is 3. The largest absolute Gasteiger partial charge is 0.481 e. The SMILES string of the molecule is O=C(O)C1CC12CCN(C(=O)C1(c3ccc(F)cc3)CC1)CC2. The van der Waals surface area contributed by atoms with E-state index in [0.717, 1.165) is 37.7 Å². The molecule has 5 heteroatoms. The minimum atomic E-state index is -0.699. The number of aliphatic carboxylic acids is 1. The highest BCUT2D eigenvalue weighted by atomic mass is 19.1. The molecule has 1 amide bonds. The Morgan fingerprint density at radius 2 is 1.70 bits per heavy atom. The lowest BCUT2D eigenvalue weighted by Gasteiger charge is -2.35. The van der Waals surface area contributed by atoms with Crippen molar-refractivity contribution in [2.45, 2.75) is 37.5 Å². The third-order valence-electron chi connectivity index (χ3n) is 6.09. The normalized spacial score (nSPS) is 26.8. The first kappa shape index (κ1) is 14.7. The second kappa shape index (κ2) is 4.79. The summed E-state index contributed by atoms with van der Waals surface area (Å²) >= 11 is 0. The van der Waals surface area contributed by atoms with E-state index in [1.807, 2.05) is 4.90 Å². The second-order valence-corrected chi connectivity index (χ2v) is 7.34. The molecule has 2 saturated carbocycles. The smallest absolute Gasteiger partial charge is 0.307 e. The van der Waals surface area contributed by atoms with Crippen molar-refractivity contribution >= 4 is 11.9 Å². The van der Waals surface area contributed by atoms with Crippen LogP contribution in [-0.2, 0) is 15.0 Å². The maximum atomic E-state index is 13.1. The van der Waals surface area contributed by atoms with Gasteiger partial charge in [-0.3, -0.25) is 9.59 Å². The zero-order valence-electron chi connectivity index (χ0n) is 12.9. The van der Waals surface area contributed by atoms with E-state index in [0.29, 0.717) is 13.1 Å². The van der Waals surface area contributed by atoms with Crippen LogP contribution in [0.25, 0.3) is 0 Å². The van der Waals surface area contributed by atoms with Gasteiger partial charge in [0, 0.05) is 13.1 Å². The Labute approximate surface area is 134 Å². The number of piperidine rings is 1. The van der Waals surface area contributed by atoms with Crippen LogP contribution in [0.15, 0.2) is 24.3 Å². The molecule has 2 aliphatic carbocycles. The Morgan fingerprint density at radius 1 is 1.09 bits per heavy atom. The van der Waals surface area contributed by atoms with Gasteiger partial charge >= 0.3 is 5.97 Å². The summed E-state index contributed by atoms with van der Waals surface area (Å²) in [4.78, 5) is 25.9. The monoisotopic (exact) mass is 317 g/mol. The van der Waals surface area contributed by atoms with Crippen LogP contribution in [0.1, 0.15) is 37.7 Å². The lowest BCUT2D eigenvalue weighted by Crippen LogP contribution is -2.45. The third kappa shape index (κ3) is 2.25. The molecule has 0 aromatic heterocycles. The summed E-state index contributed by atoms with van der Waals surface area (Å²) in [6.07, 6.45) is 3.96. The minimum absolute atomic E-state index is 0.0603. The first-order valence-corrected chi connectivity index (χ1v) is 8.25. The van der Waals surface area contributed by atoms with Gasteiger partial charge in [0.1, 0.15) is 5.82 Å². The summed E-state index contributed by atoms with van der Waals surface area (Å²) in [6.45, 7) is 1.29. The van der Waals surface area contributed by atoms with Crippen molar-refractivity contribution in [1.82, 2.24) is 4.90 Å². The van der Waals surface area contributed by atoms with Crippen molar-refractivity contribution in [2.75, 3.05) is 13.1 Å². The Bertz CT molecular complexity index is 657. The average molecular weight is 317 g/mol. The number of likely N-dealkylation sites (tertiary alicyclic amines) is 1. The molecule has 0 bridgehead atoms. The molecule has 1 heterocycles. The van der Waals surface area contributed by atoms with E-state index in [9.17, 15) is 14.0 Å². The van der Waals surface area contributed by atoms with Gasteiger partial charge in [-0.05, 0) is 55.2 Å². The van der Waals surface area contributed by atoms with Crippen molar-refractivity contribution in [3.8, 4) is 0 Å². The highest BCUT2D eigenvalue weighted by Gasteiger charge is 2.60. The number of hydrogen-bond donors (Lipinski definition) is 1. The Balaban J connectivity index is 1.45. The maximum absolute atomic E-state index is 13.1. The molecule has 1 saturated heterocycles. The van der Waals surface area contributed by atoms with Gasteiger partial charge in [0.15, 0.2) is 0 Å². The van der Waals surface area contributed by atoms with E-state index < -0.39 is 11.4 Å². The van der Waals surface area contributed by atoms with Gasteiger partial charge in [-0.1, -0.05) is 12.1 Å². The van der Waals surface area contributed by atoms with Crippen molar-refractivity contribution in [3.05, 3.63) is 35.6 Å². The number of carbonyl (C=O) groups is 2. The highest BCUT2D eigenvalue weighted by Crippen LogP contribution is 2.60. The number of amides is 1. The van der Waals surface area contributed by atoms with Crippen LogP contribution in [0, 0.1) is 17.2 Å². The summed E-state index contributed by atoms with van der Waals surface area (Å²) in [5.74, 6) is -1.07. The van der Waals surface area contributed by atoms with Gasteiger partial charge in [-0.2, -0.15) is 0 Å². The molecule has 1 aromatic rings. The summed E-state index contributed by atoms with van der Waals surface area (Å²) in [6, 6.07) is 6.26. The van der Waals surface area contributed by atoms with E-state index in [1.54, 1.807) is 12.1 Å². The molecule has 1 aromatic carbocycles. The van der Waals surface area contributed by atoms with Crippen LogP contribution in [0.2, 0.25) is 0 Å². The van der Waals surface area contributed by atoms with Crippen LogP contribution in [0.3, 0.4) is 0 Å². The van der Waals surface area contributed by atoms with Crippen LogP contribution in [0.4, 0.5) is 4.39 Å². The van der Waals surface area contributed by atoms with Crippen molar-refractivity contribution in [2.24, 2.45) is 11.3 Å². The molecule has 1 unspecified atom stereocenters. The average Bonchev–Trinajstić information content (AvgIpc) is 3.44. The van der Waals surface area contributed by atoms with Gasteiger partial charge in [-0.25, -0.2) is 4.39 Å². The standard InChI is InChI=1S/C18H20FNO3/c19-13-3-1-12(2-4-13)18(5-6-18)16(23)20-9-7-17(8-10-20)11-14(17)15(21)22/h1-4,14H,5-11H2,(H,21,22). The number of carboxylic acids is 1. The lowest BCUT2D eigenvalue weighted by atomic mass is 9.88. The quantitative estimate of drug-likeness (QED) is 0.932. The zero-order valence-corrected chi connectivity index (χ0v) is 12.9. The second-order valence-electron chi connectivity index (χ2n) is 7.34. The Morgan fingerprint density at radius 3 is 2.17 bits per heavy atom. The molecule has 23 heavy (non-hydrogen) atoms. The molecule has 4 rings (SSSR count). The van der Waals surface area contributed by atoms with Gasteiger partial charge in [0.2, 0.25) is 5.91 Å². The zero-order chi connectivity index (χ0) is 16.2.